The van der Waals surface area contributed by atoms with Crippen molar-refractivity contribution in [2.24, 2.45) is 5.92 Å². The maximum Gasteiger partial charge on any atom is 0.245 e. The smallest absolute Gasteiger partial charge is 0.245 e. The van der Waals surface area contributed by atoms with E-state index in [-0.39, 0.29) is 236 Å². The van der Waals surface area contributed by atoms with Crippen LogP contribution in [0.15, 0.2) is 0 Å². The van der Waals surface area contributed by atoms with Crippen LogP contribution in [0.25, 0.3) is 0 Å². The molecule has 4 atom stereocenters. The van der Waals surface area contributed by atoms with Crippen molar-refractivity contribution in [3.05, 3.63) is 0 Å². The van der Waals surface area contributed by atoms with Crippen molar-refractivity contribution in [2.75, 3.05) is 240 Å². The summed E-state index contributed by atoms with van der Waals surface area (Å²) >= 11 is 0. The van der Waals surface area contributed by atoms with Crippen LogP contribution in [0.2, 0.25) is 0 Å². The quantitative estimate of drug-likeness (QED) is 0.0374. The first-order valence-electron chi connectivity index (χ1n) is 42.8. The highest BCUT2D eigenvalue weighted by atomic mass is 16.5. The lowest BCUT2D eigenvalue weighted by Gasteiger charge is -2.24. The van der Waals surface area contributed by atoms with E-state index in [1.807, 2.05) is 0 Å². The summed E-state index contributed by atoms with van der Waals surface area (Å²) in [5, 5.41) is 44.1. The maximum atomic E-state index is 14.3. The minimum Gasteiger partial charge on any atom is -0.396 e. The molecule has 0 aromatic carbocycles. The predicted molar refractivity (Wildman–Crippen MR) is 443 cm³/mol. The zero-order valence-corrected chi connectivity index (χ0v) is 72.4. The molecule has 0 spiro atoms. The summed E-state index contributed by atoms with van der Waals surface area (Å²) in [4.78, 5) is 155. The Kier molecular flexibility index (Phi) is 79.8. The molecule has 0 aromatic rings. The first-order valence-corrected chi connectivity index (χ1v) is 42.8. The van der Waals surface area contributed by atoms with E-state index < -0.39 is 35.8 Å². The number of hydrogen-bond donors (Lipinski definition) is 13. The average molecular weight is 1710 g/mol. The van der Waals surface area contributed by atoms with Crippen LogP contribution in [0.5, 0.6) is 0 Å². The summed E-state index contributed by atoms with van der Waals surface area (Å²) in [5.41, 5.74) is 0. The lowest BCUT2D eigenvalue weighted by Crippen LogP contribution is -2.45. The molecule has 38 nitrogen and oxygen atoms in total. The third-order valence-corrected chi connectivity index (χ3v) is 17.9. The standard InChI is InChI=1S/C81H152N12O26/c1-107-41-18-10-27-70(95)87-37-45-112-49-53-116-62-78(103)83-33-15-7-24-67(57-75(100)82-32-14-6-23-66(60-94)61-111-5)92-77(102)59-69(26-9-17-35-85-80(105)64-118-55-51-114-47-39-89-72(97)29-12-20-43-109-3)93-76(101)58-68(25-8-16-34-84-79(104)63-117-54-50-113-46-38-88-71(96)28-11-19-42-108-2)91-74(99)31-22-36-86-81(106)65-119-56-52-115-48-40-90-73(98)30-13-21-44-110-4/h66-69,94H,6-65H2,1-5H3,(H,82,100)(H,83,103)(H,84,104)(H,85,105)(H,86,106)(H,87,95)(H,88,96)(H,89,97)(H,90,98)(H,91,99)(H,92,102)(H,93,101). The molecular formula is C81H152N12O26. The molecule has 0 aliphatic carbocycles. The van der Waals surface area contributed by atoms with Gasteiger partial charge in [0.15, 0.2) is 0 Å². The molecule has 0 aliphatic heterocycles. The van der Waals surface area contributed by atoms with E-state index in [0.29, 0.717) is 156 Å². The number of hydrogen-bond acceptors (Lipinski definition) is 26. The molecule has 38 heteroatoms. The SMILES string of the molecule is COCCCCC(=O)NCCOCCOCC(=O)NCCCCC(CC(=O)NCCCCC(CO)COC)NC(=O)CC(CCCCNC(=O)COCCOCCNC(=O)CCCCOC)NC(=O)CC(CCCCNC(=O)COCCOCCNC(=O)CCCCOC)NC(=O)CCCNC(=O)COCCOCCNC(=O)CCCCOC. The van der Waals surface area contributed by atoms with Gasteiger partial charge in [-0.25, -0.2) is 0 Å². The lowest BCUT2D eigenvalue weighted by molar-refractivity contribution is -0.127. The Morgan fingerprint density at radius 2 is 0.479 bits per heavy atom. The van der Waals surface area contributed by atoms with Crippen molar-refractivity contribution in [1.82, 2.24) is 63.8 Å². The Bertz CT molecular complexity index is 2600. The minimum atomic E-state index is -0.764. The van der Waals surface area contributed by atoms with Crippen LogP contribution in [0.3, 0.4) is 0 Å². The van der Waals surface area contributed by atoms with Crippen LogP contribution in [0.4, 0.5) is 0 Å². The van der Waals surface area contributed by atoms with E-state index in [2.05, 4.69) is 63.8 Å². The van der Waals surface area contributed by atoms with E-state index >= 15 is 0 Å². The highest BCUT2D eigenvalue weighted by Crippen LogP contribution is 2.14. The number of aliphatic hydroxyl groups is 1. The van der Waals surface area contributed by atoms with Crippen molar-refractivity contribution < 1.29 is 124 Å². The molecule has 0 rings (SSSR count). The maximum absolute atomic E-state index is 14.3. The fourth-order valence-corrected chi connectivity index (χ4v) is 11.5. The second-order valence-electron chi connectivity index (χ2n) is 28.6. The molecule has 13 N–H and O–H groups in total. The van der Waals surface area contributed by atoms with Crippen LogP contribution in [-0.2, 0) is 119 Å². The number of unbranched alkanes of at least 4 members (excludes halogenated alkanes) is 8. The molecule has 0 radical (unpaired) electrons. The summed E-state index contributed by atoms with van der Waals surface area (Å²) in [6.45, 7) is 7.07. The first kappa shape index (κ1) is 112. The Morgan fingerprint density at radius 3 is 0.773 bits per heavy atom. The van der Waals surface area contributed by atoms with Gasteiger partial charge in [-0.15, -0.1) is 0 Å². The Hall–Kier alpha value is -6.92. The molecule has 119 heavy (non-hydrogen) atoms. The molecule has 0 heterocycles. The molecule has 0 aromatic heterocycles. The van der Waals surface area contributed by atoms with Gasteiger partial charge in [0.1, 0.15) is 26.4 Å². The first-order chi connectivity index (χ1) is 57.9. The number of ether oxygens (including phenoxy) is 13. The number of carbonyl (C=O) groups excluding carboxylic acids is 12. The molecule has 0 fully saturated rings. The molecule has 0 saturated carbocycles. The van der Waals surface area contributed by atoms with Crippen molar-refractivity contribution in [2.45, 2.75) is 204 Å². The van der Waals surface area contributed by atoms with Crippen LogP contribution in [0.1, 0.15) is 186 Å². The second-order valence-corrected chi connectivity index (χ2v) is 28.6. The van der Waals surface area contributed by atoms with Crippen LogP contribution in [0, 0.1) is 5.92 Å². The van der Waals surface area contributed by atoms with E-state index in [1.54, 1.807) is 35.5 Å². The van der Waals surface area contributed by atoms with Crippen molar-refractivity contribution in [3.63, 3.8) is 0 Å². The van der Waals surface area contributed by atoms with E-state index in [1.165, 1.54) is 0 Å². The van der Waals surface area contributed by atoms with Gasteiger partial charge in [-0.05, 0) is 128 Å². The zero-order valence-electron chi connectivity index (χ0n) is 72.4. The topological polar surface area (TPSA) is 489 Å². The Morgan fingerprint density at radius 1 is 0.227 bits per heavy atom. The summed E-state index contributed by atoms with van der Waals surface area (Å²) in [5.74, 6) is -3.40. The minimum absolute atomic E-state index is 0.00942. The molecule has 0 saturated heterocycles. The highest BCUT2D eigenvalue weighted by Gasteiger charge is 2.24. The van der Waals surface area contributed by atoms with Gasteiger partial charge >= 0.3 is 0 Å². The number of carbonyl (C=O) groups is 12. The lowest BCUT2D eigenvalue weighted by atomic mass is 10.0. The van der Waals surface area contributed by atoms with Crippen molar-refractivity contribution in [1.29, 1.82) is 0 Å². The summed E-state index contributed by atoms with van der Waals surface area (Å²) in [6.07, 6.45) is 13.2. The van der Waals surface area contributed by atoms with Crippen molar-refractivity contribution in [3.8, 4) is 0 Å². The highest BCUT2D eigenvalue weighted by molar-refractivity contribution is 5.83. The number of nitrogens with one attached hydrogen (secondary N) is 12. The molecular weight excluding hydrogens is 1560 g/mol. The summed E-state index contributed by atoms with van der Waals surface area (Å²) in [7, 11) is 8.03. The van der Waals surface area contributed by atoms with Gasteiger partial charge < -0.3 is 130 Å². The fourth-order valence-electron chi connectivity index (χ4n) is 11.5. The van der Waals surface area contributed by atoms with Gasteiger partial charge in [0, 0.05) is 203 Å². The van der Waals surface area contributed by atoms with E-state index in [4.69, 9.17) is 61.6 Å². The monoisotopic (exact) mass is 1710 g/mol. The Labute approximate surface area is 706 Å². The van der Waals surface area contributed by atoms with E-state index in [9.17, 15) is 62.6 Å². The van der Waals surface area contributed by atoms with Gasteiger partial charge in [0.25, 0.3) is 0 Å². The number of amides is 12. The largest absolute Gasteiger partial charge is 0.396 e. The molecule has 0 aliphatic rings. The van der Waals surface area contributed by atoms with Crippen LogP contribution in [-0.4, -0.2) is 334 Å². The third-order valence-electron chi connectivity index (χ3n) is 17.9. The second kappa shape index (κ2) is 84.7. The molecule has 692 valence electrons. The zero-order chi connectivity index (χ0) is 87.3. The van der Waals surface area contributed by atoms with Crippen LogP contribution < -0.4 is 63.8 Å². The number of methoxy groups -OCH3 is 5. The Balaban J connectivity index is 6.25. The molecule has 4 unspecified atom stereocenters. The van der Waals surface area contributed by atoms with E-state index in [0.717, 1.165) is 57.8 Å². The van der Waals surface area contributed by atoms with Gasteiger partial charge in [-0.3, -0.25) is 57.5 Å². The summed E-state index contributed by atoms with van der Waals surface area (Å²) < 4.78 is 69.2. The molecule has 0 bridgehead atoms. The van der Waals surface area contributed by atoms with Gasteiger partial charge in [-0.1, -0.05) is 6.42 Å². The average Bonchev–Trinajstić information content (AvgIpc) is 0.898. The van der Waals surface area contributed by atoms with Crippen LogP contribution >= 0.6 is 0 Å². The fraction of sp³-hybridized carbons (Fsp3) is 0.852. The van der Waals surface area contributed by atoms with Gasteiger partial charge in [-0.2, -0.15) is 0 Å². The number of rotatable bonds is 88. The van der Waals surface area contributed by atoms with Gasteiger partial charge in [0.05, 0.1) is 85.9 Å². The third kappa shape index (κ3) is 79.3. The predicted octanol–water partition coefficient (Wildman–Crippen LogP) is 0.773. The van der Waals surface area contributed by atoms with Gasteiger partial charge in [0.2, 0.25) is 70.9 Å². The normalized spacial score (nSPS) is 12.2. The number of aliphatic hydroxyl groups excluding tert-OH is 1. The summed E-state index contributed by atoms with van der Waals surface area (Å²) in [6, 6.07) is -2.13. The van der Waals surface area contributed by atoms with Crippen molar-refractivity contribution >= 4 is 70.9 Å². The molecule has 12 amide bonds.